The molecule has 0 bridgehead atoms. The van der Waals surface area contributed by atoms with Crippen molar-refractivity contribution >= 4 is 5.97 Å². The zero-order valence-electron chi connectivity index (χ0n) is 20.4. The van der Waals surface area contributed by atoms with Gasteiger partial charge in [-0.15, -0.1) is 0 Å². The Morgan fingerprint density at radius 1 is 0.517 bits per heavy atom. The van der Waals surface area contributed by atoms with E-state index in [9.17, 15) is 4.79 Å². The smallest absolute Gasteiger partial charge is 0.303 e. The Balaban J connectivity index is 3.20. The Morgan fingerprint density at radius 2 is 0.793 bits per heavy atom. The molecule has 0 amide bonds. The van der Waals surface area contributed by atoms with Gasteiger partial charge in [0.25, 0.3) is 0 Å². The van der Waals surface area contributed by atoms with Crippen LogP contribution in [0.1, 0.15) is 136 Å². The van der Waals surface area contributed by atoms with Crippen LogP contribution in [0.15, 0.2) is 0 Å². The summed E-state index contributed by atoms with van der Waals surface area (Å²) < 4.78 is 1.31. The normalized spacial score (nSPS) is 11.8. The van der Waals surface area contributed by atoms with E-state index in [0.29, 0.717) is 6.42 Å². The Hall–Kier alpha value is -0.570. The molecule has 0 radical (unpaired) electrons. The van der Waals surface area contributed by atoms with Crippen molar-refractivity contribution in [1.29, 1.82) is 0 Å². The quantitative estimate of drug-likeness (QED) is 0.136. The lowest BCUT2D eigenvalue weighted by Gasteiger charge is -2.35. The number of carboxylic acid groups (broad SMARTS) is 1. The Labute approximate surface area is 183 Å². The van der Waals surface area contributed by atoms with E-state index in [2.05, 4.69) is 20.8 Å². The first-order valence-corrected chi connectivity index (χ1v) is 13.2. The number of quaternary nitrogens is 1. The summed E-state index contributed by atoms with van der Waals surface area (Å²) in [5.41, 5.74) is 0. The van der Waals surface area contributed by atoms with Crippen LogP contribution in [0.25, 0.3) is 0 Å². The maximum absolute atomic E-state index is 10.4. The van der Waals surface area contributed by atoms with Gasteiger partial charge in [0.15, 0.2) is 0 Å². The SMILES string of the molecule is CC[N+](CC)(CC)CCCCCCCCCCCCCCCCCCCC(=O)O. The number of unbranched alkanes of at least 4 members (excludes halogenated alkanes) is 16. The van der Waals surface area contributed by atoms with E-state index in [1.165, 1.54) is 127 Å². The van der Waals surface area contributed by atoms with Crippen LogP contribution in [-0.2, 0) is 4.79 Å². The van der Waals surface area contributed by atoms with Gasteiger partial charge in [0, 0.05) is 6.42 Å². The molecule has 0 fully saturated rings. The monoisotopic (exact) mass is 412 g/mol. The second-order valence-corrected chi connectivity index (χ2v) is 9.17. The van der Waals surface area contributed by atoms with Crippen LogP contribution in [0, 0.1) is 0 Å². The highest BCUT2D eigenvalue weighted by molar-refractivity contribution is 5.66. The van der Waals surface area contributed by atoms with E-state index in [4.69, 9.17) is 5.11 Å². The van der Waals surface area contributed by atoms with Crippen molar-refractivity contribution in [2.24, 2.45) is 0 Å². The standard InChI is InChI=1S/C26H53NO2/c1-4-27(5-2,6-3)25-23-21-19-17-15-13-11-9-7-8-10-12-14-16-18-20-22-24-26(28)29/h4-25H2,1-3H3/p+1. The van der Waals surface area contributed by atoms with Crippen LogP contribution in [-0.4, -0.2) is 41.7 Å². The molecule has 0 aliphatic heterocycles. The van der Waals surface area contributed by atoms with Crippen molar-refractivity contribution in [3.8, 4) is 0 Å². The molecule has 3 nitrogen and oxygen atoms in total. The summed E-state index contributed by atoms with van der Waals surface area (Å²) in [6.07, 6.45) is 23.2. The fourth-order valence-electron chi connectivity index (χ4n) is 4.52. The van der Waals surface area contributed by atoms with Crippen molar-refractivity contribution < 1.29 is 14.4 Å². The molecule has 0 aliphatic carbocycles. The third-order valence-corrected chi connectivity index (χ3v) is 7.04. The summed E-state index contributed by atoms with van der Waals surface area (Å²) >= 11 is 0. The topological polar surface area (TPSA) is 37.3 Å². The van der Waals surface area contributed by atoms with Crippen LogP contribution in [0.2, 0.25) is 0 Å². The number of aliphatic carboxylic acids is 1. The molecular formula is C26H54NO2+. The molecule has 0 unspecified atom stereocenters. The van der Waals surface area contributed by atoms with Gasteiger partial charge in [-0.3, -0.25) is 4.79 Å². The van der Waals surface area contributed by atoms with Gasteiger partial charge in [-0.25, -0.2) is 0 Å². The van der Waals surface area contributed by atoms with Crippen molar-refractivity contribution in [1.82, 2.24) is 0 Å². The molecule has 0 aromatic carbocycles. The van der Waals surface area contributed by atoms with Crippen LogP contribution in [0.5, 0.6) is 0 Å². The van der Waals surface area contributed by atoms with Crippen molar-refractivity contribution in [3.63, 3.8) is 0 Å². The molecule has 0 saturated heterocycles. The van der Waals surface area contributed by atoms with Crippen molar-refractivity contribution in [3.05, 3.63) is 0 Å². The highest BCUT2D eigenvalue weighted by Crippen LogP contribution is 2.15. The lowest BCUT2D eigenvalue weighted by Crippen LogP contribution is -2.48. The lowest BCUT2D eigenvalue weighted by atomic mass is 10.0. The van der Waals surface area contributed by atoms with Gasteiger partial charge in [0.05, 0.1) is 26.2 Å². The van der Waals surface area contributed by atoms with E-state index in [-0.39, 0.29) is 0 Å². The van der Waals surface area contributed by atoms with E-state index in [0.717, 1.165) is 12.8 Å². The summed E-state index contributed by atoms with van der Waals surface area (Å²) in [5, 5.41) is 8.60. The molecule has 0 aliphatic rings. The predicted molar refractivity (Wildman–Crippen MR) is 127 cm³/mol. The molecule has 0 rings (SSSR count). The molecule has 0 atom stereocenters. The number of rotatable bonds is 23. The Morgan fingerprint density at radius 3 is 1.07 bits per heavy atom. The molecule has 1 N–H and O–H groups in total. The molecule has 0 saturated carbocycles. The van der Waals surface area contributed by atoms with Gasteiger partial charge in [-0.1, -0.05) is 89.9 Å². The molecule has 0 heterocycles. The molecule has 0 aromatic heterocycles. The largest absolute Gasteiger partial charge is 0.481 e. The summed E-state index contributed by atoms with van der Waals surface area (Å²) in [4.78, 5) is 10.4. The maximum Gasteiger partial charge on any atom is 0.303 e. The van der Waals surface area contributed by atoms with Crippen LogP contribution in [0.4, 0.5) is 0 Å². The number of carboxylic acids is 1. The van der Waals surface area contributed by atoms with E-state index in [1.807, 2.05) is 0 Å². The van der Waals surface area contributed by atoms with Crippen LogP contribution in [0.3, 0.4) is 0 Å². The second-order valence-electron chi connectivity index (χ2n) is 9.17. The van der Waals surface area contributed by atoms with Gasteiger partial charge in [-0.2, -0.15) is 0 Å². The average molecular weight is 413 g/mol. The first kappa shape index (κ1) is 28.4. The lowest BCUT2D eigenvalue weighted by molar-refractivity contribution is -0.923. The van der Waals surface area contributed by atoms with E-state index in [1.54, 1.807) is 0 Å². The third kappa shape index (κ3) is 18.0. The molecule has 29 heavy (non-hydrogen) atoms. The van der Waals surface area contributed by atoms with Crippen molar-refractivity contribution in [2.75, 3.05) is 26.2 Å². The summed E-state index contributed by atoms with van der Waals surface area (Å²) in [6, 6.07) is 0. The van der Waals surface area contributed by atoms with Crippen LogP contribution >= 0.6 is 0 Å². The second kappa shape index (κ2) is 20.7. The Bertz CT molecular complexity index is 344. The predicted octanol–water partition coefficient (Wildman–Crippen LogP) is 7.97. The zero-order valence-corrected chi connectivity index (χ0v) is 20.4. The highest BCUT2D eigenvalue weighted by atomic mass is 16.4. The van der Waals surface area contributed by atoms with E-state index < -0.39 is 5.97 Å². The minimum atomic E-state index is -0.651. The third-order valence-electron chi connectivity index (χ3n) is 7.04. The summed E-state index contributed by atoms with van der Waals surface area (Å²) in [6.45, 7) is 12.3. The Kier molecular flexibility index (Phi) is 20.3. The molecule has 0 aromatic rings. The number of carbonyl (C=O) groups is 1. The minimum Gasteiger partial charge on any atom is -0.481 e. The van der Waals surface area contributed by atoms with E-state index >= 15 is 0 Å². The molecule has 0 spiro atoms. The molecule has 3 heteroatoms. The zero-order chi connectivity index (χ0) is 21.6. The number of hydrogen-bond acceptors (Lipinski definition) is 1. The summed E-state index contributed by atoms with van der Waals surface area (Å²) in [5.74, 6) is -0.651. The van der Waals surface area contributed by atoms with Gasteiger partial charge < -0.3 is 9.59 Å². The molecule has 174 valence electrons. The maximum atomic E-state index is 10.4. The highest BCUT2D eigenvalue weighted by Gasteiger charge is 2.19. The van der Waals surface area contributed by atoms with Gasteiger partial charge in [-0.05, 0) is 40.0 Å². The van der Waals surface area contributed by atoms with Gasteiger partial charge >= 0.3 is 5.97 Å². The first-order valence-electron chi connectivity index (χ1n) is 13.2. The average Bonchev–Trinajstić information content (AvgIpc) is 2.73. The van der Waals surface area contributed by atoms with Crippen molar-refractivity contribution in [2.45, 2.75) is 136 Å². The van der Waals surface area contributed by atoms with Gasteiger partial charge in [0.1, 0.15) is 0 Å². The number of hydrogen-bond donors (Lipinski definition) is 1. The number of nitrogens with zero attached hydrogens (tertiary/aromatic N) is 1. The van der Waals surface area contributed by atoms with Gasteiger partial charge in [0.2, 0.25) is 0 Å². The molecular weight excluding hydrogens is 358 g/mol. The first-order chi connectivity index (χ1) is 14.1. The van der Waals surface area contributed by atoms with Crippen LogP contribution < -0.4 is 0 Å². The summed E-state index contributed by atoms with van der Waals surface area (Å²) in [7, 11) is 0. The fraction of sp³-hybridized carbons (Fsp3) is 0.962. The minimum absolute atomic E-state index is 0.344. The fourth-order valence-corrected chi connectivity index (χ4v) is 4.52.